The van der Waals surface area contributed by atoms with E-state index in [-0.39, 0.29) is 18.5 Å². The van der Waals surface area contributed by atoms with Crippen LogP contribution in [-0.4, -0.2) is 47.4 Å². The third-order valence-electron chi connectivity index (χ3n) is 13.2. The number of rotatable bonds is 53. The maximum atomic E-state index is 12.5. The number of carbonyl (C=O) groups excluding carboxylic acids is 2. The number of allylic oxidation sites excluding steroid dienone is 3. The molecule has 64 heavy (non-hydrogen) atoms. The third-order valence-corrected chi connectivity index (χ3v) is 13.2. The molecule has 1 amide bonds. The first-order valence-electron chi connectivity index (χ1n) is 28.6. The van der Waals surface area contributed by atoms with Crippen molar-refractivity contribution < 1.29 is 24.5 Å². The van der Waals surface area contributed by atoms with Crippen LogP contribution < -0.4 is 5.32 Å². The molecule has 0 saturated heterocycles. The number of hydrogen-bond donors (Lipinski definition) is 3. The lowest BCUT2D eigenvalue weighted by atomic mass is 10.0. The van der Waals surface area contributed by atoms with Gasteiger partial charge in [0.1, 0.15) is 0 Å². The van der Waals surface area contributed by atoms with Gasteiger partial charge >= 0.3 is 5.97 Å². The van der Waals surface area contributed by atoms with E-state index in [2.05, 4.69) is 31.3 Å². The summed E-state index contributed by atoms with van der Waals surface area (Å²) < 4.78 is 5.47. The van der Waals surface area contributed by atoms with Gasteiger partial charge in [-0.3, -0.25) is 9.59 Å². The second-order valence-corrected chi connectivity index (χ2v) is 19.6. The normalized spacial score (nSPS) is 12.8. The second-order valence-electron chi connectivity index (χ2n) is 19.6. The molecule has 2 atom stereocenters. The Bertz CT molecular complexity index is 997. The van der Waals surface area contributed by atoms with E-state index in [4.69, 9.17) is 4.74 Å². The minimum atomic E-state index is -0.848. The van der Waals surface area contributed by atoms with E-state index in [1.165, 1.54) is 238 Å². The van der Waals surface area contributed by atoms with E-state index in [1.54, 1.807) is 6.08 Å². The van der Waals surface area contributed by atoms with Crippen molar-refractivity contribution in [2.24, 2.45) is 0 Å². The molecule has 378 valence electrons. The van der Waals surface area contributed by atoms with Gasteiger partial charge in [0, 0.05) is 12.8 Å². The Morgan fingerprint density at radius 1 is 0.422 bits per heavy atom. The van der Waals surface area contributed by atoms with Gasteiger partial charge in [-0.25, -0.2) is 0 Å². The van der Waals surface area contributed by atoms with E-state index in [1.807, 2.05) is 6.08 Å². The van der Waals surface area contributed by atoms with Crippen molar-refractivity contribution in [2.75, 3.05) is 13.2 Å². The Morgan fingerprint density at radius 2 is 0.734 bits per heavy atom. The highest BCUT2D eigenvalue weighted by atomic mass is 16.5. The Labute approximate surface area is 399 Å². The molecule has 6 heteroatoms. The fourth-order valence-corrected chi connectivity index (χ4v) is 8.81. The molecular weight excluding hydrogens is 791 g/mol. The molecule has 6 nitrogen and oxygen atoms in total. The van der Waals surface area contributed by atoms with Crippen LogP contribution in [-0.2, 0) is 14.3 Å². The topological polar surface area (TPSA) is 95.9 Å². The van der Waals surface area contributed by atoms with E-state index < -0.39 is 12.1 Å². The molecule has 3 N–H and O–H groups in total. The number of esters is 1. The van der Waals surface area contributed by atoms with E-state index >= 15 is 0 Å². The molecule has 2 unspecified atom stereocenters. The molecule has 0 rings (SSSR count). The van der Waals surface area contributed by atoms with Crippen molar-refractivity contribution >= 4 is 11.9 Å². The molecular formula is C58H111NO5. The second kappa shape index (κ2) is 54.0. The monoisotopic (exact) mass is 902 g/mol. The summed E-state index contributed by atoms with van der Waals surface area (Å²) in [7, 11) is 0. The summed E-state index contributed by atoms with van der Waals surface area (Å²) in [5.74, 6) is -0.0760. The molecule has 0 saturated carbocycles. The summed E-state index contributed by atoms with van der Waals surface area (Å²) in [5, 5.41) is 23.1. The van der Waals surface area contributed by atoms with Crippen molar-refractivity contribution in [1.29, 1.82) is 0 Å². The van der Waals surface area contributed by atoms with Gasteiger partial charge in [0.25, 0.3) is 0 Å². The molecule has 0 radical (unpaired) electrons. The summed E-state index contributed by atoms with van der Waals surface area (Å²) in [6.07, 6.45) is 64.7. The van der Waals surface area contributed by atoms with Crippen LogP contribution in [0.1, 0.15) is 309 Å². The van der Waals surface area contributed by atoms with Crippen molar-refractivity contribution in [1.82, 2.24) is 5.32 Å². The van der Waals surface area contributed by atoms with Gasteiger partial charge in [-0.1, -0.05) is 263 Å². The minimum absolute atomic E-state index is 0.00395. The molecule has 0 fully saturated rings. The van der Waals surface area contributed by atoms with Gasteiger partial charge in [-0.15, -0.1) is 0 Å². The average molecular weight is 903 g/mol. The maximum Gasteiger partial charge on any atom is 0.305 e. The molecule has 0 aliphatic heterocycles. The van der Waals surface area contributed by atoms with Crippen LogP contribution >= 0.6 is 0 Å². The first kappa shape index (κ1) is 62.3. The molecule has 0 aromatic heterocycles. The van der Waals surface area contributed by atoms with Crippen molar-refractivity contribution in [3.8, 4) is 0 Å². The van der Waals surface area contributed by atoms with Crippen LogP contribution in [0.25, 0.3) is 0 Å². The van der Waals surface area contributed by atoms with Crippen LogP contribution in [0.4, 0.5) is 0 Å². The van der Waals surface area contributed by atoms with Crippen molar-refractivity contribution in [3.05, 3.63) is 24.3 Å². The lowest BCUT2D eigenvalue weighted by molar-refractivity contribution is -0.143. The quantitative estimate of drug-likeness (QED) is 0.0321. The van der Waals surface area contributed by atoms with Crippen LogP contribution in [0.2, 0.25) is 0 Å². The van der Waals surface area contributed by atoms with Crippen LogP contribution in [0, 0.1) is 0 Å². The summed E-state index contributed by atoms with van der Waals surface area (Å²) in [5.41, 5.74) is 0. The zero-order chi connectivity index (χ0) is 46.5. The number of hydrogen-bond acceptors (Lipinski definition) is 5. The van der Waals surface area contributed by atoms with Gasteiger partial charge in [-0.2, -0.15) is 0 Å². The Hall–Kier alpha value is -1.66. The molecule has 0 bridgehead atoms. The highest BCUT2D eigenvalue weighted by molar-refractivity contribution is 5.76. The van der Waals surface area contributed by atoms with Crippen LogP contribution in [0.15, 0.2) is 24.3 Å². The summed E-state index contributed by atoms with van der Waals surface area (Å²) >= 11 is 0. The zero-order valence-corrected chi connectivity index (χ0v) is 43.0. The predicted molar refractivity (Wildman–Crippen MR) is 278 cm³/mol. The zero-order valence-electron chi connectivity index (χ0n) is 43.0. The predicted octanol–water partition coefficient (Wildman–Crippen LogP) is 17.5. The molecule has 0 spiro atoms. The third kappa shape index (κ3) is 49.8. The number of carbonyl (C=O) groups is 2. The van der Waals surface area contributed by atoms with Gasteiger partial charge in [0.2, 0.25) is 5.91 Å². The fraction of sp³-hybridized carbons (Fsp3) is 0.897. The van der Waals surface area contributed by atoms with E-state index in [0.717, 1.165) is 44.9 Å². The standard InChI is InChI=1S/C58H111NO5/c1-3-5-7-9-11-13-15-17-19-23-26-30-34-38-42-46-50-56(61)55(54-60)59-57(62)51-47-43-39-35-31-27-24-21-20-22-25-29-33-37-41-45-49-53-64-58(63)52-48-44-40-36-32-28-18-16-14-12-10-8-6-4-2/h16,18,46,50,55-56,60-61H,3-15,17,19-45,47-49,51-54H2,1-2H3,(H,59,62)/b18-16-,50-46+. The number of ether oxygens (including phenoxy) is 1. The highest BCUT2D eigenvalue weighted by Crippen LogP contribution is 2.17. The first-order chi connectivity index (χ1) is 31.5. The van der Waals surface area contributed by atoms with Crippen molar-refractivity contribution in [2.45, 2.75) is 321 Å². The van der Waals surface area contributed by atoms with E-state index in [9.17, 15) is 19.8 Å². The minimum Gasteiger partial charge on any atom is -0.466 e. The molecule has 0 aromatic rings. The van der Waals surface area contributed by atoms with Gasteiger partial charge in [-0.05, 0) is 57.8 Å². The van der Waals surface area contributed by atoms with Crippen molar-refractivity contribution in [3.63, 3.8) is 0 Å². The number of nitrogens with one attached hydrogen (secondary N) is 1. The van der Waals surface area contributed by atoms with E-state index in [0.29, 0.717) is 19.4 Å². The summed E-state index contributed by atoms with van der Waals surface area (Å²) in [4.78, 5) is 24.5. The number of aliphatic hydroxyl groups is 2. The SMILES string of the molecule is CCCCCCC/C=C\CCCCCCCC(=O)OCCCCCCCCCCCCCCCCCCCC(=O)NC(CO)C(O)/C=C/CCCCCCCCCCCCCCCC. The molecule has 0 aliphatic rings. The van der Waals surface area contributed by atoms with Gasteiger partial charge < -0.3 is 20.3 Å². The molecule has 0 aromatic carbocycles. The highest BCUT2D eigenvalue weighted by Gasteiger charge is 2.18. The maximum absolute atomic E-state index is 12.5. The van der Waals surface area contributed by atoms with Crippen LogP contribution in [0.3, 0.4) is 0 Å². The molecule has 0 aliphatic carbocycles. The number of unbranched alkanes of at least 4 members (excludes halogenated alkanes) is 40. The average Bonchev–Trinajstić information content (AvgIpc) is 3.29. The van der Waals surface area contributed by atoms with Gasteiger partial charge in [0.05, 0.1) is 25.4 Å². The summed E-state index contributed by atoms with van der Waals surface area (Å²) in [6, 6.07) is -0.632. The number of aliphatic hydroxyl groups excluding tert-OH is 2. The summed E-state index contributed by atoms with van der Waals surface area (Å²) in [6.45, 7) is 4.89. The lowest BCUT2D eigenvalue weighted by Crippen LogP contribution is -2.45. The lowest BCUT2D eigenvalue weighted by Gasteiger charge is -2.20. The van der Waals surface area contributed by atoms with Gasteiger partial charge in [0.15, 0.2) is 0 Å². The Kier molecular flexibility index (Phi) is 52.6. The smallest absolute Gasteiger partial charge is 0.305 e. The van der Waals surface area contributed by atoms with Crippen LogP contribution in [0.5, 0.6) is 0 Å². The largest absolute Gasteiger partial charge is 0.466 e. The number of amides is 1. The Balaban J connectivity index is 3.45. The fourth-order valence-electron chi connectivity index (χ4n) is 8.81. The Morgan fingerprint density at radius 3 is 1.11 bits per heavy atom. The first-order valence-corrected chi connectivity index (χ1v) is 28.6. The molecule has 0 heterocycles.